The minimum atomic E-state index is 0.145. The normalized spacial score (nSPS) is 17.8. The van der Waals surface area contributed by atoms with E-state index >= 15 is 0 Å². The third kappa shape index (κ3) is 2.34. The Morgan fingerprint density at radius 2 is 1.86 bits per heavy atom. The highest BCUT2D eigenvalue weighted by Crippen LogP contribution is 2.32. The molecule has 0 radical (unpaired) electrons. The number of nitrogens with zero attached hydrogens (tertiary/aromatic N) is 2. The molecule has 1 aliphatic rings. The molecule has 3 nitrogen and oxygen atoms in total. The van der Waals surface area contributed by atoms with Crippen molar-refractivity contribution in [3.8, 4) is 0 Å². The topological polar surface area (TPSA) is 27.1 Å². The lowest BCUT2D eigenvalue weighted by molar-refractivity contribution is 0.0129. The average Bonchev–Trinajstić information content (AvgIpc) is 2.93. The molecule has 0 spiro atoms. The Kier molecular flexibility index (Phi) is 3.20. The van der Waals surface area contributed by atoms with Gasteiger partial charge in [-0.15, -0.1) is 0 Å². The Bertz CT molecular complexity index is 748. The van der Waals surface area contributed by atoms with Crippen molar-refractivity contribution in [1.82, 2.24) is 9.78 Å². The van der Waals surface area contributed by atoms with E-state index in [-0.39, 0.29) is 6.10 Å². The van der Waals surface area contributed by atoms with E-state index in [1.54, 1.807) is 0 Å². The molecule has 1 aliphatic heterocycles. The lowest BCUT2D eigenvalue weighted by atomic mass is 10.0. The predicted molar refractivity (Wildman–Crippen MR) is 83.2 cm³/mol. The van der Waals surface area contributed by atoms with Gasteiger partial charge in [0.25, 0.3) is 0 Å². The van der Waals surface area contributed by atoms with Crippen LogP contribution in [-0.2, 0) is 17.7 Å². The molecule has 3 aromatic rings. The number of fused-ring (bicyclic) bond motifs is 3. The van der Waals surface area contributed by atoms with Gasteiger partial charge >= 0.3 is 0 Å². The number of benzene rings is 2. The van der Waals surface area contributed by atoms with Crippen molar-refractivity contribution in [3.05, 3.63) is 65.9 Å². The summed E-state index contributed by atoms with van der Waals surface area (Å²) in [5.41, 5.74) is 3.68. The van der Waals surface area contributed by atoms with Crippen molar-refractivity contribution in [3.63, 3.8) is 0 Å². The molecule has 0 saturated carbocycles. The van der Waals surface area contributed by atoms with Crippen LogP contribution in [0.1, 0.15) is 23.8 Å². The second kappa shape index (κ2) is 5.34. The second-order valence-corrected chi connectivity index (χ2v) is 5.51. The van der Waals surface area contributed by atoms with E-state index in [4.69, 9.17) is 9.84 Å². The highest BCUT2D eigenvalue weighted by atomic mass is 16.5. The van der Waals surface area contributed by atoms with Crippen molar-refractivity contribution < 1.29 is 4.74 Å². The minimum absolute atomic E-state index is 0.145. The molecule has 0 N–H and O–H groups in total. The van der Waals surface area contributed by atoms with Crippen molar-refractivity contribution in [2.24, 2.45) is 0 Å². The second-order valence-electron chi connectivity index (χ2n) is 5.51. The highest BCUT2D eigenvalue weighted by molar-refractivity contribution is 5.81. The van der Waals surface area contributed by atoms with Gasteiger partial charge in [-0.3, -0.25) is 4.68 Å². The van der Waals surface area contributed by atoms with Crippen LogP contribution in [0.5, 0.6) is 0 Å². The fraction of sp³-hybridized carbons (Fsp3) is 0.278. The van der Waals surface area contributed by atoms with Gasteiger partial charge in [-0.05, 0) is 24.5 Å². The van der Waals surface area contributed by atoms with Crippen molar-refractivity contribution in [1.29, 1.82) is 0 Å². The number of aryl methyl sites for hydroxylation is 1. The van der Waals surface area contributed by atoms with E-state index in [2.05, 4.69) is 53.2 Å². The molecular formula is C18H18N2O. The molecule has 0 fully saturated rings. The fourth-order valence-corrected chi connectivity index (χ4v) is 3.13. The molecule has 21 heavy (non-hydrogen) atoms. The first-order chi connectivity index (χ1) is 10.4. The monoisotopic (exact) mass is 278 g/mol. The number of rotatable bonds is 3. The summed E-state index contributed by atoms with van der Waals surface area (Å²) < 4.78 is 8.16. The van der Waals surface area contributed by atoms with Crippen molar-refractivity contribution in [2.75, 3.05) is 6.61 Å². The van der Waals surface area contributed by atoms with Gasteiger partial charge in [-0.2, -0.15) is 5.10 Å². The van der Waals surface area contributed by atoms with E-state index < -0.39 is 0 Å². The molecule has 0 saturated heterocycles. The number of aromatic nitrogens is 2. The zero-order valence-corrected chi connectivity index (χ0v) is 11.9. The Balaban J connectivity index is 1.63. The predicted octanol–water partition coefficient (Wildman–Crippen LogP) is 3.74. The van der Waals surface area contributed by atoms with Gasteiger partial charge in [0.15, 0.2) is 0 Å². The summed E-state index contributed by atoms with van der Waals surface area (Å²) in [4.78, 5) is 0. The van der Waals surface area contributed by atoms with Gasteiger partial charge in [0, 0.05) is 5.39 Å². The zero-order valence-electron chi connectivity index (χ0n) is 11.9. The molecule has 0 aliphatic carbocycles. The molecule has 106 valence electrons. The number of hydrogen-bond acceptors (Lipinski definition) is 2. The van der Waals surface area contributed by atoms with Gasteiger partial charge in [0.05, 0.1) is 24.4 Å². The van der Waals surface area contributed by atoms with Crippen LogP contribution in [0.2, 0.25) is 0 Å². The Hall–Kier alpha value is -2.13. The molecule has 1 unspecified atom stereocenters. The van der Waals surface area contributed by atoms with E-state index in [0.717, 1.165) is 31.5 Å². The maximum absolute atomic E-state index is 6.03. The van der Waals surface area contributed by atoms with Gasteiger partial charge in [-0.25, -0.2) is 0 Å². The smallest absolute Gasteiger partial charge is 0.100 e. The van der Waals surface area contributed by atoms with E-state index in [1.807, 2.05) is 6.07 Å². The first kappa shape index (κ1) is 12.6. The summed E-state index contributed by atoms with van der Waals surface area (Å²) >= 11 is 0. The molecule has 0 amide bonds. The molecular weight excluding hydrogens is 260 g/mol. The van der Waals surface area contributed by atoms with E-state index in [1.165, 1.54) is 16.6 Å². The third-order valence-electron chi connectivity index (χ3n) is 4.15. The maximum atomic E-state index is 6.03. The lowest BCUT2D eigenvalue weighted by Crippen LogP contribution is -2.22. The van der Waals surface area contributed by atoms with Crippen molar-refractivity contribution >= 4 is 10.9 Å². The summed E-state index contributed by atoms with van der Waals surface area (Å²) in [5, 5.41) is 5.93. The number of ether oxygens (including phenoxy) is 1. The molecule has 2 heterocycles. The molecule has 4 rings (SSSR count). The van der Waals surface area contributed by atoms with Gasteiger partial charge in [0.1, 0.15) is 6.10 Å². The van der Waals surface area contributed by atoms with Gasteiger partial charge in [-0.1, -0.05) is 48.5 Å². The van der Waals surface area contributed by atoms with Crippen molar-refractivity contribution in [2.45, 2.75) is 25.5 Å². The van der Waals surface area contributed by atoms with Crippen LogP contribution < -0.4 is 0 Å². The molecule has 0 bridgehead atoms. The standard InChI is InChI=1S/C18H18N2O/c1-2-6-14(7-3-1)10-11-17-18-15-8-4-5-9-16(15)19-20(18)12-13-21-17/h1-9,17H,10-13H2. The lowest BCUT2D eigenvalue weighted by Gasteiger charge is -2.24. The Morgan fingerprint density at radius 1 is 1.05 bits per heavy atom. The quantitative estimate of drug-likeness (QED) is 0.729. The van der Waals surface area contributed by atoms with Gasteiger partial charge in [0.2, 0.25) is 0 Å². The first-order valence-electron chi connectivity index (χ1n) is 7.53. The van der Waals surface area contributed by atoms with Crippen LogP contribution in [0.4, 0.5) is 0 Å². The third-order valence-corrected chi connectivity index (χ3v) is 4.15. The van der Waals surface area contributed by atoms with Crippen LogP contribution >= 0.6 is 0 Å². The summed E-state index contributed by atoms with van der Waals surface area (Å²) in [6.45, 7) is 1.60. The fourth-order valence-electron chi connectivity index (χ4n) is 3.13. The molecule has 1 atom stereocenters. The maximum Gasteiger partial charge on any atom is 0.100 e. The first-order valence-corrected chi connectivity index (χ1v) is 7.53. The summed E-state index contributed by atoms with van der Waals surface area (Å²) in [7, 11) is 0. The van der Waals surface area contributed by atoms with Crippen LogP contribution in [0.3, 0.4) is 0 Å². The van der Waals surface area contributed by atoms with Crippen LogP contribution in [0.25, 0.3) is 10.9 Å². The molecule has 1 aromatic heterocycles. The van der Waals surface area contributed by atoms with Crippen LogP contribution in [0, 0.1) is 0 Å². The largest absolute Gasteiger partial charge is 0.370 e. The number of hydrogen-bond donors (Lipinski definition) is 0. The van der Waals surface area contributed by atoms with Crippen LogP contribution in [-0.4, -0.2) is 16.4 Å². The average molecular weight is 278 g/mol. The van der Waals surface area contributed by atoms with E-state index in [0.29, 0.717) is 0 Å². The molecule has 3 heteroatoms. The van der Waals surface area contributed by atoms with Crippen LogP contribution in [0.15, 0.2) is 54.6 Å². The Labute approximate surface area is 124 Å². The molecule has 2 aromatic carbocycles. The zero-order chi connectivity index (χ0) is 14.1. The van der Waals surface area contributed by atoms with E-state index in [9.17, 15) is 0 Å². The Morgan fingerprint density at radius 3 is 2.76 bits per heavy atom. The summed E-state index contributed by atoms with van der Waals surface area (Å²) in [6, 6.07) is 19.0. The SMILES string of the molecule is c1ccc(CCC2OCCn3nc4ccccc4c32)cc1. The summed E-state index contributed by atoms with van der Waals surface area (Å²) in [6.07, 6.45) is 2.18. The highest BCUT2D eigenvalue weighted by Gasteiger charge is 2.24. The summed E-state index contributed by atoms with van der Waals surface area (Å²) in [5.74, 6) is 0. The van der Waals surface area contributed by atoms with Gasteiger partial charge < -0.3 is 4.74 Å². The minimum Gasteiger partial charge on any atom is -0.370 e.